The van der Waals surface area contributed by atoms with Crippen LogP contribution in [0.4, 0.5) is 10.1 Å². The molecule has 2 aromatic carbocycles. The summed E-state index contributed by atoms with van der Waals surface area (Å²) in [5.41, 5.74) is 0.538. The van der Waals surface area contributed by atoms with Gasteiger partial charge < -0.3 is 9.47 Å². The van der Waals surface area contributed by atoms with Crippen LogP contribution < -0.4 is 9.47 Å². The van der Waals surface area contributed by atoms with Crippen molar-refractivity contribution in [3.63, 3.8) is 0 Å². The Morgan fingerprint density at radius 2 is 1.86 bits per heavy atom. The topological polar surface area (TPSA) is 61.6 Å². The molecule has 0 unspecified atom stereocenters. The minimum atomic E-state index is -0.603. The summed E-state index contributed by atoms with van der Waals surface area (Å²) in [5.74, 6) is 0.0595. The maximum absolute atomic E-state index is 13.2. The number of ether oxygens (including phenoxy) is 2. The van der Waals surface area contributed by atoms with Crippen molar-refractivity contribution in [2.24, 2.45) is 0 Å². The van der Waals surface area contributed by atoms with Gasteiger partial charge in [-0.1, -0.05) is 12.1 Å². The van der Waals surface area contributed by atoms with Gasteiger partial charge in [0, 0.05) is 12.1 Å². The number of rotatable bonds is 6. The van der Waals surface area contributed by atoms with Crippen LogP contribution in [-0.4, -0.2) is 11.0 Å². The summed E-state index contributed by atoms with van der Waals surface area (Å²) in [6.45, 7) is 3.96. The van der Waals surface area contributed by atoms with Crippen molar-refractivity contribution in [2.75, 3.05) is 0 Å². The molecule has 0 amide bonds. The first-order valence-electron chi connectivity index (χ1n) is 6.78. The first-order valence-corrected chi connectivity index (χ1v) is 6.78. The average molecular weight is 305 g/mol. The van der Waals surface area contributed by atoms with Crippen LogP contribution in [0.2, 0.25) is 0 Å². The van der Waals surface area contributed by atoms with Crippen molar-refractivity contribution < 1.29 is 18.8 Å². The Hall–Kier alpha value is -2.63. The molecule has 0 aliphatic carbocycles. The van der Waals surface area contributed by atoms with Crippen molar-refractivity contribution in [1.29, 1.82) is 0 Å². The second-order valence-corrected chi connectivity index (χ2v) is 4.97. The maximum atomic E-state index is 13.2. The third-order valence-corrected chi connectivity index (χ3v) is 2.81. The fourth-order valence-electron chi connectivity index (χ4n) is 1.85. The van der Waals surface area contributed by atoms with E-state index in [0.29, 0.717) is 0 Å². The van der Waals surface area contributed by atoms with Gasteiger partial charge in [0.2, 0.25) is 0 Å². The summed E-state index contributed by atoms with van der Waals surface area (Å²) >= 11 is 0. The van der Waals surface area contributed by atoms with Gasteiger partial charge >= 0.3 is 5.69 Å². The van der Waals surface area contributed by atoms with E-state index in [-0.39, 0.29) is 24.1 Å². The van der Waals surface area contributed by atoms with Crippen LogP contribution in [-0.2, 0) is 6.61 Å². The highest BCUT2D eigenvalue weighted by Crippen LogP contribution is 2.28. The molecule has 0 aromatic heterocycles. The predicted octanol–water partition coefficient (Wildman–Crippen LogP) is 4.10. The molecule has 5 nitrogen and oxygen atoms in total. The van der Waals surface area contributed by atoms with Crippen LogP contribution in [0.15, 0.2) is 42.5 Å². The summed E-state index contributed by atoms with van der Waals surface area (Å²) in [5, 5.41) is 10.9. The average Bonchev–Trinajstić information content (AvgIpc) is 2.45. The first-order chi connectivity index (χ1) is 10.5. The van der Waals surface area contributed by atoms with Crippen molar-refractivity contribution in [1.82, 2.24) is 0 Å². The highest BCUT2D eigenvalue weighted by molar-refractivity contribution is 5.46. The lowest BCUT2D eigenvalue weighted by atomic mass is 10.2. The molecule has 2 aromatic rings. The van der Waals surface area contributed by atoms with Gasteiger partial charge in [-0.05, 0) is 37.6 Å². The zero-order valence-corrected chi connectivity index (χ0v) is 12.3. The van der Waals surface area contributed by atoms with E-state index in [2.05, 4.69) is 0 Å². The molecule has 0 saturated heterocycles. The predicted molar refractivity (Wildman–Crippen MR) is 79.6 cm³/mol. The molecular formula is C16H16FNO4. The molecule has 0 spiro atoms. The van der Waals surface area contributed by atoms with Gasteiger partial charge in [-0.2, -0.15) is 0 Å². The second-order valence-electron chi connectivity index (χ2n) is 4.97. The molecule has 116 valence electrons. The Morgan fingerprint density at radius 1 is 1.18 bits per heavy atom. The van der Waals surface area contributed by atoms with Gasteiger partial charge in [-0.3, -0.25) is 10.1 Å². The fourth-order valence-corrected chi connectivity index (χ4v) is 1.85. The smallest absolute Gasteiger partial charge is 0.311 e. The molecule has 0 bridgehead atoms. The van der Waals surface area contributed by atoms with E-state index in [1.807, 2.05) is 13.8 Å². The maximum Gasteiger partial charge on any atom is 0.311 e. The molecule has 0 atom stereocenters. The van der Waals surface area contributed by atoms with Crippen molar-refractivity contribution in [2.45, 2.75) is 26.6 Å². The molecule has 22 heavy (non-hydrogen) atoms. The zero-order valence-electron chi connectivity index (χ0n) is 12.3. The third kappa shape index (κ3) is 4.18. The van der Waals surface area contributed by atoms with E-state index in [0.717, 1.165) is 29.5 Å². The summed E-state index contributed by atoms with van der Waals surface area (Å²) in [4.78, 5) is 10.3. The fraction of sp³-hybridized carbons (Fsp3) is 0.250. The Bertz CT molecular complexity index is 656. The quantitative estimate of drug-likeness (QED) is 0.595. The summed E-state index contributed by atoms with van der Waals surface area (Å²) < 4.78 is 24.1. The number of benzene rings is 2. The Balaban J connectivity index is 2.07. The number of hydrogen-bond acceptors (Lipinski definition) is 4. The minimum Gasteiger partial charge on any atom is -0.491 e. The van der Waals surface area contributed by atoms with E-state index in [4.69, 9.17) is 9.47 Å². The first kappa shape index (κ1) is 15.8. The van der Waals surface area contributed by atoms with Gasteiger partial charge in [-0.15, -0.1) is 0 Å². The lowest BCUT2D eigenvalue weighted by Crippen LogP contribution is -2.05. The number of nitrogens with zero attached hydrogens (tertiary/aromatic N) is 1. The van der Waals surface area contributed by atoms with Gasteiger partial charge in [0.1, 0.15) is 18.2 Å². The Kier molecular flexibility index (Phi) is 4.93. The molecular weight excluding hydrogens is 289 g/mol. The van der Waals surface area contributed by atoms with Gasteiger partial charge in [0.05, 0.1) is 11.0 Å². The Labute approximate surface area is 127 Å². The van der Waals surface area contributed by atoms with E-state index < -0.39 is 10.7 Å². The normalized spacial score (nSPS) is 10.5. The zero-order chi connectivity index (χ0) is 16.1. The SMILES string of the molecule is CC(C)Oc1ccc(COc2cc(F)ccc2[N+](=O)[O-])cc1. The number of hydrogen-bond donors (Lipinski definition) is 0. The largest absolute Gasteiger partial charge is 0.491 e. The molecule has 6 heteroatoms. The molecule has 0 heterocycles. The summed E-state index contributed by atoms with van der Waals surface area (Å²) in [7, 11) is 0. The highest BCUT2D eigenvalue weighted by atomic mass is 19.1. The van der Waals surface area contributed by atoms with Crippen LogP contribution in [0.1, 0.15) is 19.4 Å². The van der Waals surface area contributed by atoms with Crippen molar-refractivity contribution in [3.05, 3.63) is 64.0 Å². The van der Waals surface area contributed by atoms with E-state index >= 15 is 0 Å². The molecule has 0 N–H and O–H groups in total. The number of nitro groups is 1. The van der Waals surface area contributed by atoms with Gasteiger partial charge in [-0.25, -0.2) is 4.39 Å². The second kappa shape index (κ2) is 6.89. The van der Waals surface area contributed by atoms with Crippen molar-refractivity contribution in [3.8, 4) is 11.5 Å². The van der Waals surface area contributed by atoms with Crippen molar-refractivity contribution >= 4 is 5.69 Å². The molecule has 0 aliphatic heterocycles. The summed E-state index contributed by atoms with van der Waals surface area (Å²) in [6, 6.07) is 10.3. The number of nitro benzene ring substituents is 1. The molecule has 0 aliphatic rings. The van der Waals surface area contributed by atoms with Gasteiger partial charge in [0.25, 0.3) is 0 Å². The van der Waals surface area contributed by atoms with E-state index in [9.17, 15) is 14.5 Å². The van der Waals surface area contributed by atoms with E-state index in [1.165, 1.54) is 0 Å². The molecule has 0 radical (unpaired) electrons. The number of halogens is 1. The third-order valence-electron chi connectivity index (χ3n) is 2.81. The molecule has 2 rings (SSSR count). The van der Waals surface area contributed by atoms with E-state index in [1.54, 1.807) is 24.3 Å². The standard InChI is InChI=1S/C16H16FNO4/c1-11(2)22-14-6-3-12(4-7-14)10-21-16-9-13(17)5-8-15(16)18(19)20/h3-9,11H,10H2,1-2H3. The monoisotopic (exact) mass is 305 g/mol. The van der Waals surface area contributed by atoms with Crippen LogP contribution in [0.3, 0.4) is 0 Å². The van der Waals surface area contributed by atoms with Crippen LogP contribution in [0.5, 0.6) is 11.5 Å². The minimum absolute atomic E-state index is 0.0806. The van der Waals surface area contributed by atoms with Crippen LogP contribution >= 0.6 is 0 Å². The Morgan fingerprint density at radius 3 is 2.45 bits per heavy atom. The molecule has 0 fully saturated rings. The van der Waals surface area contributed by atoms with Crippen LogP contribution in [0.25, 0.3) is 0 Å². The highest BCUT2D eigenvalue weighted by Gasteiger charge is 2.15. The van der Waals surface area contributed by atoms with Gasteiger partial charge in [0.15, 0.2) is 5.75 Å². The summed E-state index contributed by atoms with van der Waals surface area (Å²) in [6.07, 6.45) is 0.0806. The lowest BCUT2D eigenvalue weighted by Gasteiger charge is -2.11. The lowest BCUT2D eigenvalue weighted by molar-refractivity contribution is -0.386. The van der Waals surface area contributed by atoms with Crippen LogP contribution in [0, 0.1) is 15.9 Å². The molecule has 0 saturated carbocycles.